The predicted molar refractivity (Wildman–Crippen MR) is 163 cm³/mol. The van der Waals surface area contributed by atoms with Crippen molar-refractivity contribution in [2.45, 2.75) is 38.9 Å². The highest BCUT2D eigenvalue weighted by atomic mass is 28.4. The maximum Gasteiger partial charge on any atom is 0.192 e. The maximum absolute atomic E-state index is 6.07. The fraction of sp³-hybridized carbons (Fsp3) is 1.00. The van der Waals surface area contributed by atoms with Crippen molar-refractivity contribution in [2.24, 2.45) is 0 Å². The van der Waals surface area contributed by atoms with Gasteiger partial charge in [-0.2, -0.15) is 0 Å². The average Bonchev–Trinajstić information content (AvgIpc) is 2.95. The van der Waals surface area contributed by atoms with Gasteiger partial charge in [0.15, 0.2) is 8.32 Å². The minimum absolute atomic E-state index is 0.220. The van der Waals surface area contributed by atoms with E-state index in [4.69, 9.17) is 56.5 Å². The molecule has 0 spiro atoms. The lowest BCUT2D eigenvalue weighted by Crippen LogP contribution is -2.41. The minimum atomic E-state index is -1.69. The van der Waals surface area contributed by atoms with Crippen LogP contribution in [0.15, 0.2) is 0 Å². The number of ether oxygens (including phenoxy) is 11. The molecule has 0 aromatic carbocycles. The molecule has 254 valence electrons. The standard InChI is InChI=1S/C29H62O12Si/c1-29(2,3)42(5,6)41-28-27-40-26-25-39-24-23-38-22-21-37-20-19-36-18-17-35-16-15-34-14-13-33-12-11-32-10-9-31-8-7-30-4/h7-28H2,1-6H3. The lowest BCUT2D eigenvalue weighted by Gasteiger charge is -2.36. The van der Waals surface area contributed by atoms with Crippen LogP contribution in [-0.2, 0) is 56.5 Å². The van der Waals surface area contributed by atoms with E-state index in [9.17, 15) is 0 Å². The average molecular weight is 631 g/mol. The minimum Gasteiger partial charge on any atom is -0.414 e. The van der Waals surface area contributed by atoms with Crippen molar-refractivity contribution >= 4 is 8.32 Å². The predicted octanol–water partition coefficient (Wildman–Crippen LogP) is 2.82. The van der Waals surface area contributed by atoms with Crippen molar-refractivity contribution in [3.63, 3.8) is 0 Å². The van der Waals surface area contributed by atoms with E-state index in [0.29, 0.717) is 145 Å². The van der Waals surface area contributed by atoms with Crippen LogP contribution in [0.5, 0.6) is 0 Å². The van der Waals surface area contributed by atoms with Gasteiger partial charge in [-0.05, 0) is 18.1 Å². The Morgan fingerprint density at radius 3 is 0.714 bits per heavy atom. The van der Waals surface area contributed by atoms with Gasteiger partial charge in [-0.1, -0.05) is 20.8 Å². The fourth-order valence-corrected chi connectivity index (χ4v) is 3.82. The van der Waals surface area contributed by atoms with E-state index in [1.807, 2.05) is 0 Å². The Labute approximate surface area is 256 Å². The highest BCUT2D eigenvalue weighted by molar-refractivity contribution is 6.74. The van der Waals surface area contributed by atoms with E-state index >= 15 is 0 Å². The van der Waals surface area contributed by atoms with Crippen molar-refractivity contribution in [1.29, 1.82) is 0 Å². The van der Waals surface area contributed by atoms with Gasteiger partial charge >= 0.3 is 0 Å². The molecule has 0 heterocycles. The van der Waals surface area contributed by atoms with E-state index in [1.54, 1.807) is 7.11 Å². The number of methoxy groups -OCH3 is 1. The van der Waals surface area contributed by atoms with Crippen molar-refractivity contribution in [3.8, 4) is 0 Å². The van der Waals surface area contributed by atoms with Crippen LogP contribution in [0.1, 0.15) is 20.8 Å². The first-order valence-corrected chi connectivity index (χ1v) is 18.1. The summed E-state index contributed by atoms with van der Waals surface area (Å²) in [5.41, 5.74) is 0. The van der Waals surface area contributed by atoms with Crippen LogP contribution in [0.4, 0.5) is 0 Å². The normalized spacial score (nSPS) is 12.4. The highest BCUT2D eigenvalue weighted by Gasteiger charge is 2.36. The number of hydrogen-bond acceptors (Lipinski definition) is 12. The van der Waals surface area contributed by atoms with E-state index in [0.717, 1.165) is 0 Å². The summed E-state index contributed by atoms with van der Waals surface area (Å²) in [6.45, 7) is 23.2. The monoisotopic (exact) mass is 630 g/mol. The molecule has 0 bridgehead atoms. The SMILES string of the molecule is COCCOCCOCCOCCOCCOCCOCCOCCOCCOCCOCCO[Si](C)(C)C(C)(C)C. The smallest absolute Gasteiger partial charge is 0.192 e. The zero-order chi connectivity index (χ0) is 31.0. The lowest BCUT2D eigenvalue weighted by molar-refractivity contribution is -0.0273. The summed E-state index contributed by atoms with van der Waals surface area (Å²) in [5.74, 6) is 0. The number of rotatable bonds is 34. The molecule has 0 atom stereocenters. The zero-order valence-corrected chi connectivity index (χ0v) is 28.5. The van der Waals surface area contributed by atoms with Crippen LogP contribution in [-0.4, -0.2) is 161 Å². The van der Waals surface area contributed by atoms with Crippen LogP contribution in [0.25, 0.3) is 0 Å². The molecule has 0 N–H and O–H groups in total. The van der Waals surface area contributed by atoms with E-state index in [2.05, 4.69) is 33.9 Å². The van der Waals surface area contributed by atoms with E-state index < -0.39 is 8.32 Å². The van der Waals surface area contributed by atoms with Gasteiger partial charge in [0.1, 0.15) is 0 Å². The van der Waals surface area contributed by atoms with Crippen LogP contribution in [0, 0.1) is 0 Å². The second-order valence-corrected chi connectivity index (χ2v) is 15.5. The molecule has 0 unspecified atom stereocenters. The Balaban J connectivity index is 3.12. The third kappa shape index (κ3) is 29.8. The molecular formula is C29H62O12Si. The van der Waals surface area contributed by atoms with Gasteiger partial charge in [-0.3, -0.25) is 0 Å². The Kier molecular flexibility index (Phi) is 30.6. The zero-order valence-electron chi connectivity index (χ0n) is 27.5. The topological polar surface area (TPSA) is 111 Å². The van der Waals surface area contributed by atoms with Gasteiger partial charge in [0, 0.05) is 7.11 Å². The number of hydrogen-bond donors (Lipinski definition) is 0. The highest BCUT2D eigenvalue weighted by Crippen LogP contribution is 2.36. The molecule has 0 aliphatic heterocycles. The van der Waals surface area contributed by atoms with Gasteiger partial charge < -0.3 is 56.5 Å². The van der Waals surface area contributed by atoms with Gasteiger partial charge in [0.05, 0.1) is 145 Å². The second kappa shape index (κ2) is 30.7. The summed E-state index contributed by atoms with van der Waals surface area (Å²) in [7, 11) is -0.0455. The van der Waals surface area contributed by atoms with Crippen LogP contribution in [0.3, 0.4) is 0 Å². The second-order valence-electron chi connectivity index (χ2n) is 10.7. The molecule has 0 aromatic heterocycles. The third-order valence-corrected chi connectivity index (χ3v) is 10.8. The first kappa shape index (κ1) is 41.7. The Morgan fingerprint density at radius 2 is 0.524 bits per heavy atom. The molecule has 0 aliphatic carbocycles. The first-order chi connectivity index (χ1) is 20.3. The Bertz CT molecular complexity index is 537. The fourth-order valence-electron chi connectivity index (χ4n) is 2.80. The molecule has 0 saturated carbocycles. The molecular weight excluding hydrogens is 568 g/mol. The first-order valence-electron chi connectivity index (χ1n) is 15.2. The van der Waals surface area contributed by atoms with Crippen molar-refractivity contribution < 1.29 is 56.5 Å². The molecule has 0 aromatic rings. The third-order valence-electron chi connectivity index (χ3n) is 6.28. The Hall–Kier alpha value is -0.263. The van der Waals surface area contributed by atoms with Gasteiger partial charge in [0.2, 0.25) is 0 Å². The summed E-state index contributed by atoms with van der Waals surface area (Å²) < 4.78 is 65.6. The van der Waals surface area contributed by atoms with Crippen molar-refractivity contribution in [1.82, 2.24) is 0 Å². The van der Waals surface area contributed by atoms with Gasteiger partial charge in [-0.25, -0.2) is 0 Å². The molecule has 0 rings (SSSR count). The summed E-state index contributed by atoms with van der Waals surface area (Å²) in [6.07, 6.45) is 0. The maximum atomic E-state index is 6.07. The summed E-state index contributed by atoms with van der Waals surface area (Å²) >= 11 is 0. The van der Waals surface area contributed by atoms with E-state index in [1.165, 1.54) is 0 Å². The molecule has 42 heavy (non-hydrogen) atoms. The Morgan fingerprint density at radius 1 is 0.333 bits per heavy atom. The van der Waals surface area contributed by atoms with Crippen molar-refractivity contribution in [2.75, 3.05) is 152 Å². The van der Waals surface area contributed by atoms with Crippen molar-refractivity contribution in [3.05, 3.63) is 0 Å². The van der Waals surface area contributed by atoms with Gasteiger partial charge in [-0.15, -0.1) is 0 Å². The molecule has 0 aliphatic rings. The quantitative estimate of drug-likeness (QED) is 0.0770. The largest absolute Gasteiger partial charge is 0.414 e. The van der Waals surface area contributed by atoms with Crippen LogP contribution in [0.2, 0.25) is 18.1 Å². The van der Waals surface area contributed by atoms with Gasteiger partial charge in [0.25, 0.3) is 0 Å². The molecule has 12 nitrogen and oxygen atoms in total. The lowest BCUT2D eigenvalue weighted by atomic mass is 10.2. The molecule has 0 saturated heterocycles. The molecule has 0 radical (unpaired) electrons. The molecule has 0 fully saturated rings. The van der Waals surface area contributed by atoms with E-state index in [-0.39, 0.29) is 5.04 Å². The summed E-state index contributed by atoms with van der Waals surface area (Å²) in [6, 6.07) is 0. The van der Waals surface area contributed by atoms with Crippen LogP contribution >= 0.6 is 0 Å². The van der Waals surface area contributed by atoms with Crippen LogP contribution < -0.4 is 0 Å². The molecule has 13 heteroatoms. The molecule has 0 amide bonds. The summed E-state index contributed by atoms with van der Waals surface area (Å²) in [4.78, 5) is 0. The summed E-state index contributed by atoms with van der Waals surface area (Å²) in [5, 5.41) is 0.220.